The zero-order chi connectivity index (χ0) is 14.8. The van der Waals surface area contributed by atoms with Gasteiger partial charge in [-0.3, -0.25) is 0 Å². The van der Waals surface area contributed by atoms with Crippen LogP contribution in [0.25, 0.3) is 21.0 Å². The quantitative estimate of drug-likeness (QED) is 0.720. The third-order valence-electron chi connectivity index (χ3n) is 2.97. The summed E-state index contributed by atoms with van der Waals surface area (Å²) in [5, 5.41) is 10.1. The van der Waals surface area contributed by atoms with Crippen LogP contribution >= 0.6 is 27.3 Å². The van der Waals surface area contributed by atoms with E-state index in [9.17, 15) is 9.90 Å². The van der Waals surface area contributed by atoms with Crippen molar-refractivity contribution in [2.24, 2.45) is 0 Å². The normalized spacial score (nSPS) is 10.5. The van der Waals surface area contributed by atoms with Gasteiger partial charge in [0.25, 0.3) is 0 Å². The Hall–Kier alpha value is -1.98. The topological polar surface area (TPSA) is 50.2 Å². The van der Waals surface area contributed by atoms with Gasteiger partial charge in [0.1, 0.15) is 5.01 Å². The number of carboxylic acids is 1. The van der Waals surface area contributed by atoms with Gasteiger partial charge in [-0.05, 0) is 11.6 Å². The van der Waals surface area contributed by atoms with Gasteiger partial charge in [-0.15, -0.1) is 11.3 Å². The highest BCUT2D eigenvalue weighted by Gasteiger charge is 2.20. The molecule has 0 spiro atoms. The molecular weight excluding hydrogens is 350 g/mol. The number of nitrogens with zero attached hydrogens (tertiary/aromatic N) is 1. The van der Waals surface area contributed by atoms with Crippen LogP contribution in [0.1, 0.15) is 10.5 Å². The molecule has 0 saturated carbocycles. The van der Waals surface area contributed by atoms with E-state index in [1.54, 1.807) is 0 Å². The van der Waals surface area contributed by atoms with Crippen molar-refractivity contribution in [3.63, 3.8) is 0 Å². The van der Waals surface area contributed by atoms with E-state index in [1.807, 2.05) is 54.6 Å². The third kappa shape index (κ3) is 2.75. The first-order valence-corrected chi connectivity index (χ1v) is 7.82. The van der Waals surface area contributed by atoms with Crippen molar-refractivity contribution >= 4 is 33.2 Å². The van der Waals surface area contributed by atoms with Gasteiger partial charge in [0.05, 0.1) is 4.88 Å². The van der Waals surface area contributed by atoms with Gasteiger partial charge in [0.15, 0.2) is 5.69 Å². The van der Waals surface area contributed by atoms with Crippen molar-refractivity contribution < 1.29 is 9.90 Å². The Morgan fingerprint density at radius 2 is 1.71 bits per heavy atom. The van der Waals surface area contributed by atoms with Gasteiger partial charge in [-0.2, -0.15) is 0 Å². The maximum Gasteiger partial charge on any atom is 0.356 e. The van der Waals surface area contributed by atoms with Crippen molar-refractivity contribution in [1.82, 2.24) is 4.98 Å². The summed E-state index contributed by atoms with van der Waals surface area (Å²) in [6.07, 6.45) is 0. The second-order valence-corrected chi connectivity index (χ2v) is 6.20. The van der Waals surface area contributed by atoms with Crippen LogP contribution < -0.4 is 0 Å². The van der Waals surface area contributed by atoms with Gasteiger partial charge >= 0.3 is 5.97 Å². The molecule has 21 heavy (non-hydrogen) atoms. The van der Waals surface area contributed by atoms with Crippen LogP contribution in [-0.2, 0) is 0 Å². The summed E-state index contributed by atoms with van der Waals surface area (Å²) in [5.41, 5.74) is 1.86. The number of hydrogen-bond acceptors (Lipinski definition) is 3. The fourth-order valence-electron chi connectivity index (χ4n) is 2.00. The molecule has 3 aromatic rings. The Kier molecular flexibility index (Phi) is 3.86. The number of hydrogen-bond donors (Lipinski definition) is 1. The number of aromatic carboxylic acids is 1. The first-order chi connectivity index (χ1) is 10.2. The van der Waals surface area contributed by atoms with Gasteiger partial charge in [-0.25, -0.2) is 9.78 Å². The maximum absolute atomic E-state index is 11.5. The van der Waals surface area contributed by atoms with Crippen LogP contribution in [-0.4, -0.2) is 16.1 Å². The molecular formula is C16H10BrNO2S. The standard InChI is InChI=1S/C16H10BrNO2S/c17-12-9-5-4-8-11(12)15-18-13(16(19)20)14(21-15)10-6-2-1-3-7-10/h1-9H,(H,19,20). The van der Waals surface area contributed by atoms with E-state index in [4.69, 9.17) is 0 Å². The highest BCUT2D eigenvalue weighted by molar-refractivity contribution is 9.10. The fraction of sp³-hybridized carbons (Fsp3) is 0. The number of carboxylic acid groups (broad SMARTS) is 1. The van der Waals surface area contributed by atoms with Crippen LogP contribution in [0.2, 0.25) is 0 Å². The average molecular weight is 360 g/mol. The van der Waals surface area contributed by atoms with Crippen LogP contribution in [0.4, 0.5) is 0 Å². The molecule has 0 amide bonds. The van der Waals surface area contributed by atoms with E-state index in [2.05, 4.69) is 20.9 Å². The molecule has 5 heteroatoms. The van der Waals surface area contributed by atoms with Gasteiger partial charge in [0, 0.05) is 10.0 Å². The number of aromatic nitrogens is 1. The molecule has 0 saturated heterocycles. The molecule has 3 rings (SSSR count). The monoisotopic (exact) mass is 359 g/mol. The molecule has 0 atom stereocenters. The minimum atomic E-state index is -1.01. The highest BCUT2D eigenvalue weighted by Crippen LogP contribution is 2.37. The molecule has 3 nitrogen and oxygen atoms in total. The smallest absolute Gasteiger partial charge is 0.356 e. The molecule has 0 unspecified atom stereocenters. The molecule has 1 heterocycles. The molecule has 0 radical (unpaired) electrons. The molecule has 1 N–H and O–H groups in total. The zero-order valence-corrected chi connectivity index (χ0v) is 13.2. The van der Waals surface area contributed by atoms with E-state index in [0.29, 0.717) is 9.88 Å². The van der Waals surface area contributed by atoms with Crippen molar-refractivity contribution in [3.05, 3.63) is 64.8 Å². The first kappa shape index (κ1) is 14.0. The molecule has 0 aliphatic rings. The maximum atomic E-state index is 11.5. The summed E-state index contributed by atoms with van der Waals surface area (Å²) in [6.45, 7) is 0. The zero-order valence-electron chi connectivity index (χ0n) is 10.8. The van der Waals surface area contributed by atoms with Gasteiger partial charge in [0.2, 0.25) is 0 Å². The minimum Gasteiger partial charge on any atom is -0.476 e. The SMILES string of the molecule is O=C(O)c1nc(-c2ccccc2Br)sc1-c1ccccc1. The predicted octanol–water partition coefficient (Wildman–Crippen LogP) is 4.94. The highest BCUT2D eigenvalue weighted by atomic mass is 79.9. The Labute approximate surface area is 134 Å². The lowest BCUT2D eigenvalue weighted by Crippen LogP contribution is -1.98. The van der Waals surface area contributed by atoms with Crippen LogP contribution in [0.15, 0.2) is 59.1 Å². The average Bonchev–Trinajstić information content (AvgIpc) is 2.94. The Morgan fingerprint density at radius 3 is 2.38 bits per heavy atom. The van der Waals surface area contributed by atoms with E-state index in [0.717, 1.165) is 15.6 Å². The van der Waals surface area contributed by atoms with Crippen molar-refractivity contribution in [2.75, 3.05) is 0 Å². The first-order valence-electron chi connectivity index (χ1n) is 6.21. The largest absolute Gasteiger partial charge is 0.476 e. The third-order valence-corrected chi connectivity index (χ3v) is 4.80. The molecule has 0 bridgehead atoms. The minimum absolute atomic E-state index is 0.0944. The lowest BCUT2D eigenvalue weighted by atomic mass is 10.1. The van der Waals surface area contributed by atoms with Gasteiger partial charge < -0.3 is 5.11 Å². The summed E-state index contributed by atoms with van der Waals surface area (Å²) in [5.74, 6) is -1.01. The second-order valence-electron chi connectivity index (χ2n) is 4.35. The summed E-state index contributed by atoms with van der Waals surface area (Å²) < 4.78 is 0.898. The van der Waals surface area contributed by atoms with Gasteiger partial charge in [-0.1, -0.05) is 64.5 Å². The molecule has 2 aromatic carbocycles. The predicted molar refractivity (Wildman–Crippen MR) is 87.6 cm³/mol. The fourth-order valence-corrected chi connectivity index (χ4v) is 3.71. The van der Waals surface area contributed by atoms with Crippen molar-refractivity contribution in [1.29, 1.82) is 0 Å². The summed E-state index contributed by atoms with van der Waals surface area (Å²) >= 11 is 4.87. The number of halogens is 1. The molecule has 1 aromatic heterocycles. The van der Waals surface area contributed by atoms with E-state index in [-0.39, 0.29) is 5.69 Å². The summed E-state index contributed by atoms with van der Waals surface area (Å²) in [7, 11) is 0. The second kappa shape index (κ2) is 5.79. The van der Waals surface area contributed by atoms with Crippen LogP contribution in [0, 0.1) is 0 Å². The number of rotatable bonds is 3. The Bertz CT molecular complexity index is 799. The lowest BCUT2D eigenvalue weighted by molar-refractivity contribution is 0.0692. The molecule has 0 fully saturated rings. The Balaban J connectivity index is 2.18. The van der Waals surface area contributed by atoms with Crippen LogP contribution in [0.5, 0.6) is 0 Å². The molecule has 0 aliphatic heterocycles. The number of carbonyl (C=O) groups is 1. The summed E-state index contributed by atoms with van der Waals surface area (Å²) in [6, 6.07) is 17.1. The summed E-state index contributed by atoms with van der Waals surface area (Å²) in [4.78, 5) is 16.4. The van der Waals surface area contributed by atoms with E-state index in [1.165, 1.54) is 11.3 Å². The van der Waals surface area contributed by atoms with E-state index < -0.39 is 5.97 Å². The molecule has 0 aliphatic carbocycles. The van der Waals surface area contributed by atoms with Crippen molar-refractivity contribution in [2.45, 2.75) is 0 Å². The molecule has 104 valence electrons. The van der Waals surface area contributed by atoms with Crippen molar-refractivity contribution in [3.8, 4) is 21.0 Å². The number of benzene rings is 2. The number of thiazole rings is 1. The van der Waals surface area contributed by atoms with Crippen LogP contribution in [0.3, 0.4) is 0 Å². The lowest BCUT2D eigenvalue weighted by Gasteiger charge is -1.98. The van der Waals surface area contributed by atoms with E-state index >= 15 is 0 Å². The Morgan fingerprint density at radius 1 is 1.05 bits per heavy atom.